The fraction of sp³-hybridized carbons (Fsp3) is 0.267. The molecule has 0 atom stereocenters. The van der Waals surface area contributed by atoms with E-state index in [4.69, 9.17) is 11.6 Å². The van der Waals surface area contributed by atoms with E-state index in [1.54, 1.807) is 0 Å². The summed E-state index contributed by atoms with van der Waals surface area (Å²) in [5.41, 5.74) is 3.85. The zero-order valence-corrected chi connectivity index (χ0v) is 11.2. The SMILES string of the molecule is Cc1cc(Cl)ccc1CNCCc1ccncc1. The van der Waals surface area contributed by atoms with Gasteiger partial charge >= 0.3 is 0 Å². The lowest BCUT2D eigenvalue weighted by Crippen LogP contribution is -2.17. The predicted molar refractivity (Wildman–Crippen MR) is 75.8 cm³/mol. The van der Waals surface area contributed by atoms with Crippen LogP contribution in [0.3, 0.4) is 0 Å². The quantitative estimate of drug-likeness (QED) is 0.834. The lowest BCUT2D eigenvalue weighted by atomic mass is 10.1. The average Bonchev–Trinajstić information content (AvgIpc) is 2.38. The van der Waals surface area contributed by atoms with Gasteiger partial charge in [-0.2, -0.15) is 0 Å². The van der Waals surface area contributed by atoms with Gasteiger partial charge in [0.25, 0.3) is 0 Å². The molecule has 1 N–H and O–H groups in total. The monoisotopic (exact) mass is 260 g/mol. The minimum absolute atomic E-state index is 0.799. The van der Waals surface area contributed by atoms with Gasteiger partial charge in [0.1, 0.15) is 0 Å². The second kappa shape index (κ2) is 6.53. The molecule has 0 fully saturated rings. The van der Waals surface area contributed by atoms with E-state index in [0.29, 0.717) is 0 Å². The summed E-state index contributed by atoms with van der Waals surface area (Å²) >= 11 is 5.93. The van der Waals surface area contributed by atoms with Crippen LogP contribution in [0, 0.1) is 6.92 Å². The predicted octanol–water partition coefficient (Wildman–Crippen LogP) is 3.38. The Kier molecular flexibility index (Phi) is 4.73. The Balaban J connectivity index is 1.79. The van der Waals surface area contributed by atoms with Crippen LogP contribution in [0.2, 0.25) is 5.02 Å². The third-order valence-corrected chi connectivity index (χ3v) is 3.19. The standard InChI is InChI=1S/C15H17ClN2/c1-12-10-15(16)3-2-14(12)11-18-9-6-13-4-7-17-8-5-13/h2-5,7-8,10,18H,6,9,11H2,1H3. The first-order valence-corrected chi connectivity index (χ1v) is 6.48. The minimum Gasteiger partial charge on any atom is -0.312 e. The largest absolute Gasteiger partial charge is 0.312 e. The first kappa shape index (κ1) is 13.1. The van der Waals surface area contributed by atoms with Crippen LogP contribution in [0.25, 0.3) is 0 Å². The van der Waals surface area contributed by atoms with Crippen LogP contribution in [0.15, 0.2) is 42.7 Å². The molecule has 0 amide bonds. The van der Waals surface area contributed by atoms with Crippen molar-refractivity contribution in [1.82, 2.24) is 10.3 Å². The molecular formula is C15H17ClN2. The highest BCUT2D eigenvalue weighted by Gasteiger charge is 1.99. The number of hydrogen-bond acceptors (Lipinski definition) is 2. The average molecular weight is 261 g/mol. The van der Waals surface area contributed by atoms with Crippen LogP contribution in [0.1, 0.15) is 16.7 Å². The normalized spacial score (nSPS) is 10.6. The summed E-state index contributed by atoms with van der Waals surface area (Å²) in [6.45, 7) is 3.94. The van der Waals surface area contributed by atoms with Crippen LogP contribution >= 0.6 is 11.6 Å². The number of rotatable bonds is 5. The molecule has 0 saturated carbocycles. The van der Waals surface area contributed by atoms with Crippen molar-refractivity contribution < 1.29 is 0 Å². The van der Waals surface area contributed by atoms with Crippen molar-refractivity contribution in [3.63, 3.8) is 0 Å². The fourth-order valence-electron chi connectivity index (χ4n) is 1.86. The van der Waals surface area contributed by atoms with E-state index in [9.17, 15) is 0 Å². The number of halogens is 1. The van der Waals surface area contributed by atoms with Gasteiger partial charge in [-0.15, -0.1) is 0 Å². The molecule has 0 unspecified atom stereocenters. The molecule has 94 valence electrons. The molecule has 1 aromatic carbocycles. The van der Waals surface area contributed by atoms with Crippen molar-refractivity contribution in [2.24, 2.45) is 0 Å². The molecule has 0 aliphatic heterocycles. The van der Waals surface area contributed by atoms with Gasteiger partial charge in [0.15, 0.2) is 0 Å². The molecule has 0 bridgehead atoms. The van der Waals surface area contributed by atoms with Gasteiger partial charge in [0.05, 0.1) is 0 Å². The van der Waals surface area contributed by atoms with Crippen LogP contribution in [-0.4, -0.2) is 11.5 Å². The number of benzene rings is 1. The van der Waals surface area contributed by atoms with E-state index >= 15 is 0 Å². The van der Waals surface area contributed by atoms with Crippen LogP contribution in [-0.2, 0) is 13.0 Å². The van der Waals surface area contributed by atoms with E-state index < -0.39 is 0 Å². The molecule has 2 rings (SSSR count). The summed E-state index contributed by atoms with van der Waals surface area (Å²) in [5, 5.41) is 4.25. The molecule has 2 nitrogen and oxygen atoms in total. The highest BCUT2D eigenvalue weighted by atomic mass is 35.5. The van der Waals surface area contributed by atoms with Crippen molar-refractivity contribution in [2.75, 3.05) is 6.54 Å². The third kappa shape index (κ3) is 3.83. The Bertz CT molecular complexity index is 497. The number of nitrogens with one attached hydrogen (secondary N) is 1. The highest BCUT2D eigenvalue weighted by molar-refractivity contribution is 6.30. The first-order chi connectivity index (χ1) is 8.75. The van der Waals surface area contributed by atoms with E-state index in [2.05, 4.69) is 35.4 Å². The van der Waals surface area contributed by atoms with Gasteiger partial charge in [-0.3, -0.25) is 4.98 Å². The molecule has 0 spiro atoms. The molecular weight excluding hydrogens is 244 g/mol. The second-order valence-electron chi connectivity index (χ2n) is 4.35. The summed E-state index contributed by atoms with van der Waals surface area (Å²) in [7, 11) is 0. The van der Waals surface area contributed by atoms with Gasteiger partial charge in [0, 0.05) is 24.0 Å². The van der Waals surface area contributed by atoms with E-state index in [1.165, 1.54) is 16.7 Å². The first-order valence-electron chi connectivity index (χ1n) is 6.10. The zero-order chi connectivity index (χ0) is 12.8. The number of pyridine rings is 1. The van der Waals surface area contributed by atoms with E-state index in [0.717, 1.165) is 24.5 Å². The minimum atomic E-state index is 0.799. The molecule has 3 heteroatoms. The van der Waals surface area contributed by atoms with Crippen LogP contribution in [0.5, 0.6) is 0 Å². The van der Waals surface area contributed by atoms with Crippen molar-refractivity contribution >= 4 is 11.6 Å². The van der Waals surface area contributed by atoms with Crippen LogP contribution in [0.4, 0.5) is 0 Å². The lowest BCUT2D eigenvalue weighted by Gasteiger charge is -2.08. The maximum absolute atomic E-state index is 5.93. The van der Waals surface area contributed by atoms with Gasteiger partial charge in [0.2, 0.25) is 0 Å². The summed E-state index contributed by atoms with van der Waals surface area (Å²) in [5.74, 6) is 0. The van der Waals surface area contributed by atoms with Gasteiger partial charge in [-0.05, 0) is 60.8 Å². The molecule has 0 radical (unpaired) electrons. The van der Waals surface area contributed by atoms with Gasteiger partial charge in [-0.1, -0.05) is 17.7 Å². The Morgan fingerprint density at radius 3 is 2.67 bits per heavy atom. The molecule has 2 aromatic rings. The summed E-state index contributed by atoms with van der Waals surface area (Å²) < 4.78 is 0. The number of nitrogens with zero attached hydrogens (tertiary/aromatic N) is 1. The van der Waals surface area contributed by atoms with Crippen LogP contribution < -0.4 is 5.32 Å². The number of hydrogen-bond donors (Lipinski definition) is 1. The van der Waals surface area contributed by atoms with Crippen molar-refractivity contribution in [2.45, 2.75) is 19.9 Å². The fourth-order valence-corrected chi connectivity index (χ4v) is 2.09. The topological polar surface area (TPSA) is 24.9 Å². The highest BCUT2D eigenvalue weighted by Crippen LogP contribution is 2.14. The number of aromatic nitrogens is 1. The molecule has 0 aliphatic carbocycles. The Labute approximate surface area is 113 Å². The molecule has 1 aromatic heterocycles. The summed E-state index contributed by atoms with van der Waals surface area (Å²) in [6.07, 6.45) is 4.69. The molecule has 0 saturated heterocycles. The van der Waals surface area contributed by atoms with Gasteiger partial charge < -0.3 is 5.32 Å². The van der Waals surface area contributed by atoms with Gasteiger partial charge in [-0.25, -0.2) is 0 Å². The second-order valence-corrected chi connectivity index (χ2v) is 4.79. The maximum atomic E-state index is 5.93. The lowest BCUT2D eigenvalue weighted by molar-refractivity contribution is 0.684. The maximum Gasteiger partial charge on any atom is 0.0408 e. The summed E-state index contributed by atoms with van der Waals surface area (Å²) in [4.78, 5) is 4.01. The van der Waals surface area contributed by atoms with E-state index in [-0.39, 0.29) is 0 Å². The smallest absolute Gasteiger partial charge is 0.0408 e. The summed E-state index contributed by atoms with van der Waals surface area (Å²) in [6, 6.07) is 10.1. The molecule has 1 heterocycles. The Morgan fingerprint density at radius 1 is 1.17 bits per heavy atom. The van der Waals surface area contributed by atoms with Crippen molar-refractivity contribution in [1.29, 1.82) is 0 Å². The third-order valence-electron chi connectivity index (χ3n) is 2.96. The Hall–Kier alpha value is -1.38. The zero-order valence-electron chi connectivity index (χ0n) is 10.5. The molecule has 0 aliphatic rings. The molecule has 18 heavy (non-hydrogen) atoms. The Morgan fingerprint density at radius 2 is 1.94 bits per heavy atom. The van der Waals surface area contributed by atoms with E-state index in [1.807, 2.05) is 24.5 Å². The van der Waals surface area contributed by atoms with Crippen molar-refractivity contribution in [3.8, 4) is 0 Å². The number of aryl methyl sites for hydroxylation is 1. The van der Waals surface area contributed by atoms with Crippen molar-refractivity contribution in [3.05, 3.63) is 64.4 Å².